The third-order valence-corrected chi connectivity index (χ3v) is 4.95. The first-order valence-corrected chi connectivity index (χ1v) is 10.3. The van der Waals surface area contributed by atoms with E-state index in [1.165, 1.54) is 12.5 Å². The molecule has 0 spiro atoms. The summed E-state index contributed by atoms with van der Waals surface area (Å²) in [7, 11) is -0.992. The molecular formula is C13H29NOSi. The van der Waals surface area contributed by atoms with Gasteiger partial charge in [0.1, 0.15) is 0 Å². The fraction of sp³-hybridized carbons (Fsp3) is 1.00. The van der Waals surface area contributed by atoms with Crippen LogP contribution in [0.4, 0.5) is 0 Å². The maximum Gasteiger partial charge on any atom is 0.0532 e. The lowest BCUT2D eigenvalue weighted by Gasteiger charge is -2.33. The lowest BCUT2D eigenvalue weighted by Crippen LogP contribution is -2.41. The van der Waals surface area contributed by atoms with Crippen LogP contribution in [0.5, 0.6) is 0 Å². The molecule has 0 aromatic rings. The highest BCUT2D eigenvalue weighted by Crippen LogP contribution is 2.36. The van der Waals surface area contributed by atoms with E-state index >= 15 is 0 Å². The van der Waals surface area contributed by atoms with Crippen LogP contribution in [0, 0.1) is 11.3 Å². The van der Waals surface area contributed by atoms with Crippen molar-refractivity contribution < 1.29 is 4.74 Å². The maximum atomic E-state index is 5.65. The molecule has 0 amide bonds. The summed E-state index contributed by atoms with van der Waals surface area (Å²) < 4.78 is 5.65. The van der Waals surface area contributed by atoms with E-state index in [9.17, 15) is 0 Å². The summed E-state index contributed by atoms with van der Waals surface area (Å²) >= 11 is 0. The van der Waals surface area contributed by atoms with Crippen LogP contribution in [0.25, 0.3) is 0 Å². The molecule has 0 aromatic heterocycles. The van der Waals surface area contributed by atoms with Gasteiger partial charge in [0.2, 0.25) is 0 Å². The Labute approximate surface area is 102 Å². The van der Waals surface area contributed by atoms with E-state index in [1.807, 2.05) is 0 Å². The molecule has 1 rings (SSSR count). The highest BCUT2D eigenvalue weighted by atomic mass is 28.3. The molecule has 3 heteroatoms. The average molecular weight is 243 g/mol. The van der Waals surface area contributed by atoms with Gasteiger partial charge in [0, 0.05) is 26.6 Å². The van der Waals surface area contributed by atoms with Gasteiger partial charge in [0.25, 0.3) is 0 Å². The molecule has 96 valence electrons. The molecule has 0 radical (unpaired) electrons. The first-order valence-electron chi connectivity index (χ1n) is 6.62. The third-order valence-electron chi connectivity index (χ3n) is 3.14. The Morgan fingerprint density at radius 1 is 1.31 bits per heavy atom. The van der Waals surface area contributed by atoms with Gasteiger partial charge < -0.3 is 10.1 Å². The Hall–Kier alpha value is 0.137. The van der Waals surface area contributed by atoms with Gasteiger partial charge in [0.15, 0.2) is 0 Å². The molecule has 16 heavy (non-hydrogen) atoms. The first kappa shape index (κ1) is 14.2. The quantitative estimate of drug-likeness (QED) is 0.724. The zero-order valence-electron chi connectivity index (χ0n) is 11.7. The van der Waals surface area contributed by atoms with Crippen molar-refractivity contribution in [1.82, 2.24) is 5.32 Å². The van der Waals surface area contributed by atoms with Crippen LogP contribution in [0.2, 0.25) is 25.7 Å². The van der Waals surface area contributed by atoms with Gasteiger partial charge in [-0.15, -0.1) is 0 Å². The standard InChI is InChI=1S/C13H29NOSi/c1-12(2)8-14-9-13(6-7-15-10-13)11-16(3,4)5/h12,14H,6-11H2,1-5H3. The topological polar surface area (TPSA) is 21.3 Å². The van der Waals surface area contributed by atoms with Crippen molar-refractivity contribution in [2.75, 3.05) is 26.3 Å². The SMILES string of the molecule is CC(C)CNCC1(C[Si](C)(C)C)CCOC1. The fourth-order valence-corrected chi connectivity index (χ4v) is 5.40. The molecule has 1 N–H and O–H groups in total. The van der Waals surface area contributed by atoms with E-state index < -0.39 is 8.07 Å². The molecule has 1 fully saturated rings. The second-order valence-electron chi connectivity index (χ2n) is 7.06. The number of nitrogens with one attached hydrogen (secondary N) is 1. The van der Waals surface area contributed by atoms with Crippen molar-refractivity contribution in [3.05, 3.63) is 0 Å². The van der Waals surface area contributed by atoms with E-state index in [4.69, 9.17) is 4.74 Å². The van der Waals surface area contributed by atoms with E-state index in [0.29, 0.717) is 5.41 Å². The van der Waals surface area contributed by atoms with E-state index in [0.717, 1.165) is 32.2 Å². The Morgan fingerprint density at radius 2 is 2.00 bits per heavy atom. The van der Waals surface area contributed by atoms with Crippen LogP contribution in [0.1, 0.15) is 20.3 Å². The minimum Gasteiger partial charge on any atom is -0.381 e. The molecular weight excluding hydrogens is 214 g/mol. The van der Waals surface area contributed by atoms with Gasteiger partial charge in [-0.2, -0.15) is 0 Å². The zero-order chi connectivity index (χ0) is 12.2. The molecule has 1 heterocycles. The number of hydrogen-bond acceptors (Lipinski definition) is 2. The maximum absolute atomic E-state index is 5.65. The van der Waals surface area contributed by atoms with Crippen LogP contribution in [0.15, 0.2) is 0 Å². The molecule has 1 unspecified atom stereocenters. The Kier molecular flexibility index (Phi) is 5.01. The predicted octanol–water partition coefficient (Wildman–Crippen LogP) is 2.98. The third kappa shape index (κ3) is 4.98. The summed E-state index contributed by atoms with van der Waals surface area (Å²) in [6.45, 7) is 16.2. The van der Waals surface area contributed by atoms with Gasteiger partial charge in [-0.1, -0.05) is 33.5 Å². The lowest BCUT2D eigenvalue weighted by atomic mass is 9.89. The Bertz CT molecular complexity index is 204. The van der Waals surface area contributed by atoms with Gasteiger partial charge >= 0.3 is 0 Å². The largest absolute Gasteiger partial charge is 0.381 e. The van der Waals surface area contributed by atoms with E-state index in [1.54, 1.807) is 0 Å². The minimum absolute atomic E-state index is 0.444. The summed E-state index contributed by atoms with van der Waals surface area (Å²) in [5, 5.41) is 3.63. The van der Waals surface area contributed by atoms with Gasteiger partial charge in [-0.25, -0.2) is 0 Å². The van der Waals surface area contributed by atoms with E-state index in [2.05, 4.69) is 38.8 Å². The van der Waals surface area contributed by atoms with Gasteiger partial charge in [-0.05, 0) is 24.9 Å². The number of rotatable bonds is 6. The van der Waals surface area contributed by atoms with Crippen molar-refractivity contribution in [3.63, 3.8) is 0 Å². The Morgan fingerprint density at radius 3 is 2.44 bits per heavy atom. The molecule has 0 aromatic carbocycles. The molecule has 2 nitrogen and oxygen atoms in total. The van der Waals surface area contributed by atoms with Crippen molar-refractivity contribution in [2.24, 2.45) is 11.3 Å². The number of ether oxygens (including phenoxy) is 1. The summed E-state index contributed by atoms with van der Waals surface area (Å²) in [6.07, 6.45) is 1.25. The monoisotopic (exact) mass is 243 g/mol. The van der Waals surface area contributed by atoms with Crippen molar-refractivity contribution >= 4 is 8.07 Å². The van der Waals surface area contributed by atoms with Crippen LogP contribution >= 0.6 is 0 Å². The van der Waals surface area contributed by atoms with E-state index in [-0.39, 0.29) is 0 Å². The normalized spacial score (nSPS) is 26.6. The summed E-state index contributed by atoms with van der Waals surface area (Å²) in [4.78, 5) is 0. The molecule has 1 aliphatic heterocycles. The number of hydrogen-bond donors (Lipinski definition) is 1. The second kappa shape index (κ2) is 5.65. The van der Waals surface area contributed by atoms with Crippen molar-refractivity contribution in [2.45, 2.75) is 46.0 Å². The van der Waals surface area contributed by atoms with Gasteiger partial charge in [-0.3, -0.25) is 0 Å². The van der Waals surface area contributed by atoms with Crippen LogP contribution < -0.4 is 5.32 Å². The average Bonchev–Trinajstić information content (AvgIpc) is 2.49. The fourth-order valence-electron chi connectivity index (χ4n) is 2.74. The van der Waals surface area contributed by atoms with Crippen LogP contribution in [-0.4, -0.2) is 34.4 Å². The molecule has 0 aliphatic carbocycles. The predicted molar refractivity (Wildman–Crippen MR) is 73.7 cm³/mol. The van der Waals surface area contributed by atoms with Crippen LogP contribution in [-0.2, 0) is 4.74 Å². The molecule has 1 atom stereocenters. The van der Waals surface area contributed by atoms with Crippen molar-refractivity contribution in [3.8, 4) is 0 Å². The molecule has 0 saturated carbocycles. The lowest BCUT2D eigenvalue weighted by molar-refractivity contribution is 0.157. The minimum atomic E-state index is -0.992. The zero-order valence-corrected chi connectivity index (χ0v) is 12.7. The van der Waals surface area contributed by atoms with Crippen molar-refractivity contribution in [1.29, 1.82) is 0 Å². The van der Waals surface area contributed by atoms with Crippen LogP contribution in [0.3, 0.4) is 0 Å². The van der Waals surface area contributed by atoms with Gasteiger partial charge in [0.05, 0.1) is 6.61 Å². The summed E-state index contributed by atoms with van der Waals surface area (Å²) in [5.41, 5.74) is 0.444. The summed E-state index contributed by atoms with van der Waals surface area (Å²) in [5.74, 6) is 0.742. The highest BCUT2D eigenvalue weighted by Gasteiger charge is 2.38. The first-order chi connectivity index (χ1) is 7.33. The molecule has 0 bridgehead atoms. The smallest absolute Gasteiger partial charge is 0.0532 e. The highest BCUT2D eigenvalue weighted by molar-refractivity contribution is 6.76. The molecule has 1 saturated heterocycles. The Balaban J connectivity index is 2.46. The second-order valence-corrected chi connectivity index (χ2v) is 12.5. The summed E-state index contributed by atoms with van der Waals surface area (Å²) in [6, 6.07) is 1.39. The molecule has 1 aliphatic rings.